The van der Waals surface area contributed by atoms with E-state index in [4.69, 9.17) is 9.47 Å². The minimum absolute atomic E-state index is 0.0764. The third-order valence-electron chi connectivity index (χ3n) is 5.68. The van der Waals surface area contributed by atoms with Gasteiger partial charge in [0.2, 0.25) is 10.0 Å². The monoisotopic (exact) mass is 434 g/mol. The first-order valence-electron chi connectivity index (χ1n) is 9.88. The summed E-state index contributed by atoms with van der Waals surface area (Å²) in [6, 6.07) is 6.78. The van der Waals surface area contributed by atoms with E-state index in [0.717, 1.165) is 49.9 Å². The van der Waals surface area contributed by atoms with E-state index in [9.17, 15) is 13.2 Å². The van der Waals surface area contributed by atoms with Crippen molar-refractivity contribution < 1.29 is 22.7 Å². The Hall–Kier alpha value is -2.10. The highest BCUT2D eigenvalue weighted by Crippen LogP contribution is 2.47. The van der Waals surface area contributed by atoms with Crippen LogP contribution in [0.5, 0.6) is 11.5 Å². The normalized spacial score (nSPS) is 20.4. The Morgan fingerprint density at radius 2 is 1.76 bits per heavy atom. The number of nitrogens with one attached hydrogen (secondary N) is 1. The van der Waals surface area contributed by atoms with Crippen LogP contribution in [0.3, 0.4) is 0 Å². The fraction of sp³-hybridized carbons (Fsp3) is 0.450. The molecular weight excluding hydrogens is 412 g/mol. The number of thiophene rings is 1. The quantitative estimate of drug-likeness (QED) is 0.791. The van der Waals surface area contributed by atoms with E-state index in [2.05, 4.69) is 5.32 Å². The van der Waals surface area contributed by atoms with Crippen molar-refractivity contribution in [2.45, 2.75) is 49.2 Å². The number of hydrogen-bond donors (Lipinski definition) is 1. The van der Waals surface area contributed by atoms with Gasteiger partial charge < -0.3 is 14.8 Å². The van der Waals surface area contributed by atoms with Gasteiger partial charge in [-0.05, 0) is 49.3 Å². The van der Waals surface area contributed by atoms with E-state index in [1.165, 1.54) is 10.4 Å². The average molecular weight is 435 g/mol. The Balaban J connectivity index is 1.36. The summed E-state index contributed by atoms with van der Waals surface area (Å²) in [5.74, 6) is 0.293. The van der Waals surface area contributed by atoms with Crippen molar-refractivity contribution in [2.75, 3.05) is 18.4 Å². The summed E-state index contributed by atoms with van der Waals surface area (Å²) >= 11 is 1.13. The van der Waals surface area contributed by atoms with Crippen molar-refractivity contribution in [1.29, 1.82) is 0 Å². The number of carbonyl (C=O) groups excluding carboxylic acids is 1. The van der Waals surface area contributed by atoms with Gasteiger partial charge in [-0.15, -0.1) is 11.3 Å². The van der Waals surface area contributed by atoms with Crippen LogP contribution in [0, 0.1) is 0 Å². The highest BCUT2D eigenvalue weighted by molar-refractivity contribution is 7.89. The molecule has 1 N–H and O–H groups in total. The van der Waals surface area contributed by atoms with Crippen LogP contribution < -0.4 is 14.8 Å². The molecule has 1 saturated carbocycles. The lowest BCUT2D eigenvalue weighted by Crippen LogP contribution is -2.34. The molecule has 1 spiro atoms. The lowest BCUT2D eigenvalue weighted by Gasteiger charge is -2.21. The molecule has 0 bridgehead atoms. The van der Waals surface area contributed by atoms with Crippen LogP contribution in [0.25, 0.3) is 0 Å². The standard InChI is InChI=1S/C20H22N2O5S2/c23-19(18-17(7-12-28-18)29(24,25)22-10-3-4-11-22)21-14-5-6-15-16(13-14)27-20(26-15)8-1-2-9-20/h5-7,12-13H,1-4,8-11H2,(H,21,23). The number of rotatable bonds is 4. The van der Waals surface area contributed by atoms with Crippen LogP contribution in [0.4, 0.5) is 5.69 Å². The molecule has 0 unspecified atom stereocenters. The number of fused-ring (bicyclic) bond motifs is 1. The first kappa shape index (κ1) is 18.9. The lowest BCUT2D eigenvalue weighted by atomic mass is 10.2. The molecule has 1 saturated heterocycles. The van der Waals surface area contributed by atoms with Crippen LogP contribution in [0.15, 0.2) is 34.5 Å². The molecule has 1 aromatic heterocycles. The van der Waals surface area contributed by atoms with Crippen molar-refractivity contribution >= 4 is 33.0 Å². The third kappa shape index (κ3) is 3.31. The molecule has 1 aliphatic carbocycles. The van der Waals surface area contributed by atoms with Gasteiger partial charge in [0.15, 0.2) is 11.5 Å². The Morgan fingerprint density at radius 3 is 2.52 bits per heavy atom. The number of sulfonamides is 1. The fourth-order valence-corrected chi connectivity index (χ4v) is 7.02. The van der Waals surface area contributed by atoms with E-state index < -0.39 is 21.7 Å². The zero-order chi connectivity index (χ0) is 20.1. The van der Waals surface area contributed by atoms with Gasteiger partial charge in [-0.2, -0.15) is 4.31 Å². The number of carbonyl (C=O) groups is 1. The first-order chi connectivity index (χ1) is 14.0. The Bertz CT molecular complexity index is 1050. The highest BCUT2D eigenvalue weighted by Gasteiger charge is 2.44. The number of anilines is 1. The van der Waals surface area contributed by atoms with Gasteiger partial charge in [0.25, 0.3) is 11.7 Å². The van der Waals surface area contributed by atoms with Gasteiger partial charge in [0, 0.05) is 37.7 Å². The van der Waals surface area contributed by atoms with Crippen LogP contribution >= 0.6 is 11.3 Å². The summed E-state index contributed by atoms with van der Waals surface area (Å²) in [6.45, 7) is 1.01. The van der Waals surface area contributed by atoms with Gasteiger partial charge in [0.1, 0.15) is 9.77 Å². The van der Waals surface area contributed by atoms with Gasteiger partial charge >= 0.3 is 0 Å². The van der Waals surface area contributed by atoms with Gasteiger partial charge in [0.05, 0.1) is 0 Å². The van der Waals surface area contributed by atoms with E-state index in [-0.39, 0.29) is 9.77 Å². The van der Waals surface area contributed by atoms with Crippen molar-refractivity contribution in [1.82, 2.24) is 4.31 Å². The Morgan fingerprint density at radius 1 is 1.03 bits per heavy atom. The largest absolute Gasteiger partial charge is 0.448 e. The molecular formula is C20H22N2O5S2. The molecule has 3 aliphatic rings. The summed E-state index contributed by atoms with van der Waals surface area (Å²) in [7, 11) is -3.65. The lowest BCUT2D eigenvalue weighted by molar-refractivity contribution is -0.0716. The molecule has 0 atom stereocenters. The van der Waals surface area contributed by atoms with E-state index in [1.54, 1.807) is 23.6 Å². The van der Waals surface area contributed by atoms with Gasteiger partial charge in [-0.1, -0.05) is 0 Å². The molecule has 0 radical (unpaired) electrons. The minimum atomic E-state index is -3.65. The second kappa shape index (κ2) is 7.00. The number of hydrogen-bond acceptors (Lipinski definition) is 6. The molecule has 1 aromatic carbocycles. The molecule has 154 valence electrons. The molecule has 29 heavy (non-hydrogen) atoms. The summed E-state index contributed by atoms with van der Waals surface area (Å²) in [4.78, 5) is 13.1. The molecule has 2 fully saturated rings. The fourth-order valence-electron chi connectivity index (χ4n) is 4.21. The van der Waals surface area contributed by atoms with Crippen LogP contribution in [-0.2, 0) is 10.0 Å². The molecule has 2 aliphatic heterocycles. The maximum atomic E-state index is 12.9. The average Bonchev–Trinajstić information content (AvgIpc) is 3.49. The predicted octanol–water partition coefficient (Wildman–Crippen LogP) is 3.83. The van der Waals surface area contributed by atoms with Crippen molar-refractivity contribution in [3.63, 3.8) is 0 Å². The summed E-state index contributed by atoms with van der Waals surface area (Å²) < 4.78 is 39.3. The number of amides is 1. The van der Waals surface area contributed by atoms with E-state index in [0.29, 0.717) is 30.3 Å². The minimum Gasteiger partial charge on any atom is -0.448 e. The van der Waals surface area contributed by atoms with Crippen molar-refractivity contribution in [3.05, 3.63) is 34.5 Å². The second-order valence-corrected chi connectivity index (χ2v) is 10.5. The number of ether oxygens (including phenoxy) is 2. The van der Waals surface area contributed by atoms with E-state index >= 15 is 0 Å². The summed E-state index contributed by atoms with van der Waals surface area (Å²) in [5.41, 5.74) is 0.547. The number of benzene rings is 1. The second-order valence-electron chi connectivity index (χ2n) is 7.66. The van der Waals surface area contributed by atoms with Crippen LogP contribution in [0.2, 0.25) is 0 Å². The smallest absolute Gasteiger partial charge is 0.267 e. The maximum Gasteiger partial charge on any atom is 0.267 e. The molecule has 5 rings (SSSR count). The van der Waals surface area contributed by atoms with Crippen LogP contribution in [-0.4, -0.2) is 37.5 Å². The van der Waals surface area contributed by atoms with Crippen molar-refractivity contribution in [3.8, 4) is 11.5 Å². The Kier molecular flexibility index (Phi) is 4.56. The van der Waals surface area contributed by atoms with Crippen LogP contribution in [0.1, 0.15) is 48.2 Å². The van der Waals surface area contributed by atoms with Gasteiger partial charge in [-0.3, -0.25) is 4.79 Å². The number of nitrogens with zero attached hydrogens (tertiary/aromatic N) is 1. The highest BCUT2D eigenvalue weighted by atomic mass is 32.2. The van der Waals surface area contributed by atoms with Crippen molar-refractivity contribution in [2.24, 2.45) is 0 Å². The molecule has 2 aromatic rings. The molecule has 7 nitrogen and oxygen atoms in total. The van der Waals surface area contributed by atoms with Gasteiger partial charge in [-0.25, -0.2) is 8.42 Å². The van der Waals surface area contributed by atoms with E-state index in [1.807, 2.05) is 0 Å². The molecule has 1 amide bonds. The predicted molar refractivity (Wildman–Crippen MR) is 109 cm³/mol. The summed E-state index contributed by atoms with van der Waals surface area (Å²) in [5, 5.41) is 4.45. The zero-order valence-corrected chi connectivity index (χ0v) is 17.5. The molecule has 3 heterocycles. The third-order valence-corrected chi connectivity index (χ3v) is 8.66. The first-order valence-corrected chi connectivity index (χ1v) is 12.2. The Labute approximate surface area is 173 Å². The zero-order valence-electron chi connectivity index (χ0n) is 15.8. The maximum absolute atomic E-state index is 12.9. The SMILES string of the molecule is O=C(Nc1ccc2c(c1)OC1(CCCC1)O2)c1sccc1S(=O)(=O)N1CCCC1. The molecule has 9 heteroatoms. The summed E-state index contributed by atoms with van der Waals surface area (Å²) in [6.07, 6.45) is 5.56. The topological polar surface area (TPSA) is 84.9 Å².